The van der Waals surface area contributed by atoms with E-state index in [9.17, 15) is 38.4 Å². The van der Waals surface area contributed by atoms with E-state index in [1.54, 1.807) is 4.90 Å². The topological polar surface area (TPSA) is 441 Å². The molecule has 4 saturated heterocycles. The van der Waals surface area contributed by atoms with Crippen LogP contribution in [0.25, 0.3) is 0 Å². The lowest BCUT2D eigenvalue weighted by Crippen LogP contribution is -2.59. The third-order valence-electron chi connectivity index (χ3n) is 16.4. The lowest BCUT2D eigenvalue weighted by atomic mass is 10.1. The summed E-state index contributed by atoms with van der Waals surface area (Å²) in [5, 5.41) is 18.5. The van der Waals surface area contributed by atoms with Crippen LogP contribution in [0.4, 0.5) is 0 Å². The predicted molar refractivity (Wildman–Crippen MR) is 333 cm³/mol. The molecule has 0 saturated carbocycles. The SMILES string of the molecule is CCCCCCCCCC(=O)N1CCC[C@H]1C(=O)N[C@@H](CCCN=C(N)N)C(=O)N1CCC[C@H]1C(=O)N[C@@H](CCCN=C(N)N)C(=O)N1CCC[C@H]1C(=O)N1CCC[C@H]1C(=O)N[C@@H](CCCN=C(N)N)C(=O)NCCCNCCCCNCCCN. The van der Waals surface area contributed by atoms with Gasteiger partial charge < -0.3 is 91.6 Å². The minimum Gasteiger partial charge on any atom is -0.370 e. The van der Waals surface area contributed by atoms with Gasteiger partial charge in [-0.2, -0.15) is 0 Å². The molecule has 20 N–H and O–H groups in total. The quantitative estimate of drug-likeness (QED) is 0.0188. The van der Waals surface area contributed by atoms with Crippen LogP contribution in [0.15, 0.2) is 15.0 Å². The van der Waals surface area contributed by atoms with E-state index >= 15 is 0 Å². The summed E-state index contributed by atoms with van der Waals surface area (Å²) in [7, 11) is 0. The number of nitrogens with zero attached hydrogens (tertiary/aromatic N) is 7. The average molecular weight is 1210 g/mol. The molecule has 8 amide bonds. The summed E-state index contributed by atoms with van der Waals surface area (Å²) in [6.07, 6.45) is 16.4. The molecule has 7 atom stereocenters. The van der Waals surface area contributed by atoms with Crippen molar-refractivity contribution >= 4 is 65.1 Å². The molecule has 0 aliphatic carbocycles. The molecule has 28 nitrogen and oxygen atoms in total. The number of hydrogen-bond acceptors (Lipinski definition) is 14. The summed E-state index contributed by atoms with van der Waals surface area (Å²) in [4.78, 5) is 132. The largest absolute Gasteiger partial charge is 0.370 e. The molecule has 4 rings (SSSR count). The fraction of sp³-hybridized carbons (Fsp3) is 0.810. The highest BCUT2D eigenvalue weighted by atomic mass is 16.2. The molecule has 0 unspecified atom stereocenters. The fourth-order valence-corrected chi connectivity index (χ4v) is 11.8. The van der Waals surface area contributed by atoms with Crippen molar-refractivity contribution in [2.75, 3.05) is 85.1 Å². The van der Waals surface area contributed by atoms with Gasteiger partial charge in [0, 0.05) is 58.8 Å². The Morgan fingerprint density at radius 2 is 0.837 bits per heavy atom. The number of nitrogens with two attached hydrogens (primary N) is 7. The molecule has 4 aliphatic heterocycles. The highest BCUT2D eigenvalue weighted by molar-refractivity contribution is 5.98. The van der Waals surface area contributed by atoms with Crippen LogP contribution in [-0.4, -0.2) is 212 Å². The second kappa shape index (κ2) is 40.8. The number of rotatable bonds is 42. The second-order valence-electron chi connectivity index (χ2n) is 23.2. The molecular formula is C58H108N20O8. The first-order valence-electron chi connectivity index (χ1n) is 32.2. The van der Waals surface area contributed by atoms with Crippen molar-refractivity contribution < 1.29 is 38.4 Å². The molecule has 0 radical (unpaired) electrons. The highest BCUT2D eigenvalue weighted by Crippen LogP contribution is 2.28. The highest BCUT2D eigenvalue weighted by Gasteiger charge is 2.46. The number of carbonyl (C=O) groups excluding carboxylic acids is 8. The monoisotopic (exact) mass is 1210 g/mol. The molecule has 0 aromatic rings. The Bertz CT molecular complexity index is 2210. The van der Waals surface area contributed by atoms with Gasteiger partial charge in [0.1, 0.15) is 42.3 Å². The maximum Gasteiger partial charge on any atom is 0.246 e. The van der Waals surface area contributed by atoms with Crippen molar-refractivity contribution in [1.82, 2.24) is 51.5 Å². The van der Waals surface area contributed by atoms with Crippen molar-refractivity contribution in [1.29, 1.82) is 0 Å². The van der Waals surface area contributed by atoms with Gasteiger partial charge in [-0.15, -0.1) is 0 Å². The minimum atomic E-state index is -1.16. The van der Waals surface area contributed by atoms with E-state index in [1.165, 1.54) is 27.5 Å². The van der Waals surface area contributed by atoms with Crippen LogP contribution in [0.5, 0.6) is 0 Å². The van der Waals surface area contributed by atoms with Crippen molar-refractivity contribution in [3.63, 3.8) is 0 Å². The molecule has 4 aliphatic rings. The van der Waals surface area contributed by atoms with Gasteiger partial charge in [-0.1, -0.05) is 45.4 Å². The normalized spacial score (nSPS) is 19.3. The first-order valence-corrected chi connectivity index (χ1v) is 32.2. The van der Waals surface area contributed by atoms with Gasteiger partial charge in [-0.3, -0.25) is 53.3 Å². The summed E-state index contributed by atoms with van der Waals surface area (Å²) in [5.74, 6) is -3.74. The van der Waals surface area contributed by atoms with Gasteiger partial charge in [0.25, 0.3) is 0 Å². The maximum atomic E-state index is 14.9. The van der Waals surface area contributed by atoms with Crippen LogP contribution in [0.2, 0.25) is 0 Å². The number of nitrogens with one attached hydrogen (secondary N) is 6. The molecule has 4 heterocycles. The third kappa shape index (κ3) is 25.4. The van der Waals surface area contributed by atoms with Gasteiger partial charge in [0.15, 0.2) is 17.9 Å². The molecule has 28 heteroatoms. The molecule has 86 heavy (non-hydrogen) atoms. The standard InChI is InChI=1S/C58H108N20O8/c1-2-3-4-5-6-7-8-27-48(79)75-37-14-23-44(75)50(81)73-42(21-12-34-70-57(62)63)53(84)76-38-15-24-45(76)52(83)74-43(22-13-35-71-58(64)65)54(85)78-40-17-26-47(78)55(86)77-39-16-25-46(77)51(82)72-41(20-11-33-69-56(60)61)49(80)68-36-19-32-67-30-10-9-29-66-31-18-28-59/h41-47,66-67H,2-40,59H2,1H3,(H,68,80)(H,72,82)(H,73,81)(H,74,83)(H4,60,61,69)(H4,62,63,70)(H4,64,65,71)/t41-,42-,43-,44-,45-,46-,47-/m0/s1. The Morgan fingerprint density at radius 3 is 1.34 bits per heavy atom. The van der Waals surface area contributed by atoms with Gasteiger partial charge in [-0.05, 0) is 155 Å². The number of hydrogen-bond donors (Lipinski definition) is 13. The second-order valence-corrected chi connectivity index (χ2v) is 23.2. The summed E-state index contributed by atoms with van der Waals surface area (Å²) in [6.45, 7) is 8.30. The molecule has 4 fully saturated rings. The van der Waals surface area contributed by atoms with Crippen molar-refractivity contribution in [3.8, 4) is 0 Å². The van der Waals surface area contributed by atoms with E-state index in [0.717, 1.165) is 71.0 Å². The Hall–Kier alpha value is -6.55. The lowest BCUT2D eigenvalue weighted by molar-refractivity contribution is -0.148. The molecule has 0 aromatic carbocycles. The van der Waals surface area contributed by atoms with E-state index in [0.29, 0.717) is 96.8 Å². The van der Waals surface area contributed by atoms with Crippen LogP contribution >= 0.6 is 0 Å². The molecular weight excluding hydrogens is 1100 g/mol. The van der Waals surface area contributed by atoms with Crippen LogP contribution in [-0.2, 0) is 38.4 Å². The zero-order valence-corrected chi connectivity index (χ0v) is 51.6. The fourth-order valence-electron chi connectivity index (χ4n) is 11.8. The minimum absolute atomic E-state index is 0.0850. The first kappa shape index (κ1) is 71.9. The van der Waals surface area contributed by atoms with Crippen LogP contribution in [0.1, 0.15) is 174 Å². The number of unbranched alkanes of at least 4 members (excludes halogenated alkanes) is 7. The Morgan fingerprint density at radius 1 is 0.442 bits per heavy atom. The smallest absolute Gasteiger partial charge is 0.246 e. The van der Waals surface area contributed by atoms with E-state index < -0.39 is 77.7 Å². The molecule has 0 spiro atoms. The van der Waals surface area contributed by atoms with E-state index in [1.807, 2.05) is 0 Å². The van der Waals surface area contributed by atoms with Gasteiger partial charge >= 0.3 is 0 Å². The molecule has 0 aromatic heterocycles. The molecule has 0 bridgehead atoms. The van der Waals surface area contributed by atoms with Crippen LogP contribution < -0.4 is 72.0 Å². The Kier molecular flexibility index (Phi) is 34.1. The van der Waals surface area contributed by atoms with Crippen LogP contribution in [0.3, 0.4) is 0 Å². The number of aliphatic imine (C=N–C) groups is 3. The number of carbonyl (C=O) groups is 8. The predicted octanol–water partition coefficient (Wildman–Crippen LogP) is -1.48. The summed E-state index contributed by atoms with van der Waals surface area (Å²) < 4.78 is 0. The van der Waals surface area contributed by atoms with E-state index in [2.05, 4.69) is 53.8 Å². The average Bonchev–Trinajstić information content (AvgIpc) is 3.20. The lowest BCUT2D eigenvalue weighted by Gasteiger charge is -2.34. The van der Waals surface area contributed by atoms with Gasteiger partial charge in [-0.25, -0.2) is 0 Å². The van der Waals surface area contributed by atoms with E-state index in [4.69, 9.17) is 40.1 Å². The number of likely N-dealkylation sites (tertiary alicyclic amines) is 4. The summed E-state index contributed by atoms with van der Waals surface area (Å²) in [5.41, 5.74) is 39.1. The van der Waals surface area contributed by atoms with Crippen molar-refractivity contribution in [2.45, 2.75) is 216 Å². The zero-order chi connectivity index (χ0) is 62.6. The Balaban J connectivity index is 1.44. The summed E-state index contributed by atoms with van der Waals surface area (Å²) in [6, 6.07) is -6.77. The van der Waals surface area contributed by atoms with Gasteiger partial charge in [0.2, 0.25) is 47.3 Å². The zero-order valence-electron chi connectivity index (χ0n) is 51.6. The third-order valence-corrected chi connectivity index (χ3v) is 16.4. The van der Waals surface area contributed by atoms with Crippen molar-refractivity contribution in [2.24, 2.45) is 55.1 Å². The number of guanidine groups is 3. The van der Waals surface area contributed by atoms with Crippen molar-refractivity contribution in [3.05, 3.63) is 0 Å². The first-order chi connectivity index (χ1) is 41.5. The Labute approximate surface area is 509 Å². The maximum absolute atomic E-state index is 14.9. The summed E-state index contributed by atoms with van der Waals surface area (Å²) >= 11 is 0. The van der Waals surface area contributed by atoms with Crippen LogP contribution in [0, 0.1) is 0 Å². The van der Waals surface area contributed by atoms with Gasteiger partial charge in [0.05, 0.1) is 0 Å². The number of amides is 8. The van der Waals surface area contributed by atoms with E-state index in [-0.39, 0.29) is 101 Å². The molecule has 488 valence electrons.